The maximum Gasteiger partial charge on any atom is 0.258 e. The Morgan fingerprint density at radius 2 is 2.08 bits per heavy atom. The van der Waals surface area contributed by atoms with Crippen molar-refractivity contribution in [3.05, 3.63) is 28.8 Å². The summed E-state index contributed by atoms with van der Waals surface area (Å²) in [6.45, 7) is 3.08. The fourth-order valence-electron chi connectivity index (χ4n) is 2.46. The Labute approximate surface area is 144 Å². The first kappa shape index (κ1) is 18.4. The number of amides is 1. The Balaban J connectivity index is 0.00000208. The van der Waals surface area contributed by atoms with E-state index < -0.39 is 0 Å². The molecule has 8 nitrogen and oxygen atoms in total. The topological polar surface area (TPSA) is 91.2 Å². The van der Waals surface area contributed by atoms with E-state index in [0.717, 1.165) is 16.0 Å². The van der Waals surface area contributed by atoms with Crippen molar-refractivity contribution < 1.29 is 14.3 Å². The number of tetrazole rings is 1. The molecule has 0 saturated carbocycles. The van der Waals surface area contributed by atoms with E-state index in [0.29, 0.717) is 24.7 Å². The molecule has 3 rings (SSSR count). The van der Waals surface area contributed by atoms with Gasteiger partial charge < -0.3 is 9.47 Å². The molecule has 2 aromatic rings. The largest absolute Gasteiger partial charge is 0.346 e. The minimum atomic E-state index is -0.365. The van der Waals surface area contributed by atoms with Gasteiger partial charge in [-0.1, -0.05) is 18.6 Å². The third-order valence-corrected chi connectivity index (χ3v) is 4.56. The number of aryl methyl sites for hydroxylation is 1. The zero-order valence-corrected chi connectivity index (χ0v) is 13.9. The molecule has 1 aromatic heterocycles. The quantitative estimate of drug-likeness (QED) is 0.844. The second kappa shape index (κ2) is 7.73. The predicted octanol–water partition coefficient (Wildman–Crippen LogP) is 2.17. The molecule has 1 aliphatic heterocycles. The first-order valence-electron chi connectivity index (χ1n) is 7.06. The molecule has 2 heterocycles. The van der Waals surface area contributed by atoms with Crippen LogP contribution in [0.1, 0.15) is 35.2 Å². The van der Waals surface area contributed by atoms with E-state index in [-0.39, 0.29) is 19.6 Å². The van der Waals surface area contributed by atoms with E-state index in [2.05, 4.69) is 20.8 Å². The van der Waals surface area contributed by atoms with Gasteiger partial charge in [0.2, 0.25) is 5.95 Å². The molecule has 0 radical (unpaired) electrons. The molecule has 1 amide bonds. The number of hydrogen-bond acceptors (Lipinski definition) is 7. The molecule has 24 heavy (non-hydrogen) atoms. The summed E-state index contributed by atoms with van der Waals surface area (Å²) in [5.74, 6) is 0.0437. The zero-order chi connectivity index (χ0) is 16.4. The molecule has 1 N–H and O–H groups in total. The van der Waals surface area contributed by atoms with E-state index in [1.165, 1.54) is 4.68 Å². The number of nitrogens with zero attached hydrogens (tertiary/aromatic N) is 4. The van der Waals surface area contributed by atoms with Crippen molar-refractivity contribution in [1.29, 1.82) is 0 Å². The Bertz CT molecular complexity index is 728. The minimum absolute atomic E-state index is 0. The predicted molar refractivity (Wildman–Crippen MR) is 91.1 cm³/mol. The van der Waals surface area contributed by atoms with Crippen molar-refractivity contribution in [1.82, 2.24) is 20.2 Å². The molecular weight excluding hydrogens is 330 g/mol. The first-order valence-corrected chi connectivity index (χ1v) is 8.28. The van der Waals surface area contributed by atoms with Crippen LogP contribution in [0.3, 0.4) is 0 Å². The summed E-state index contributed by atoms with van der Waals surface area (Å²) in [4.78, 5) is 13.5. The molecule has 0 atom stereocenters. The van der Waals surface area contributed by atoms with Crippen LogP contribution in [0.5, 0.6) is 0 Å². The van der Waals surface area contributed by atoms with Crippen LogP contribution in [0.2, 0.25) is 0 Å². The number of rotatable bonds is 4. The lowest BCUT2D eigenvalue weighted by molar-refractivity contribution is -0.0460. The smallest absolute Gasteiger partial charge is 0.258 e. The number of anilines is 1. The van der Waals surface area contributed by atoms with Gasteiger partial charge in [0.05, 0.1) is 13.2 Å². The Kier molecular flexibility index (Phi) is 5.92. The van der Waals surface area contributed by atoms with Gasteiger partial charge in [-0.05, 0) is 35.2 Å². The summed E-state index contributed by atoms with van der Waals surface area (Å²) in [7, 11) is 1.66. The van der Waals surface area contributed by atoms with E-state index in [1.54, 1.807) is 24.9 Å². The molecule has 130 valence electrons. The summed E-state index contributed by atoms with van der Waals surface area (Å²) in [6, 6.07) is 3.65. The monoisotopic (exact) mass is 351 g/mol. The van der Waals surface area contributed by atoms with Crippen LogP contribution < -0.4 is 5.32 Å². The highest BCUT2D eigenvalue weighted by atomic mass is 32.2. The lowest BCUT2D eigenvalue weighted by Crippen LogP contribution is -2.17. The number of benzene rings is 1. The standard InChI is InChI=1S/C14H17N5O3S.CH4/c1-8-9(12(20)15-14-16-17-18-19(14)2)4-5-10(11(8)23-3)13-21-6-7-22-13;/h4-5,13H,6-7H2,1-3H3,(H,15,16,18,20);1H4. The second-order valence-corrected chi connectivity index (χ2v) is 5.83. The molecule has 0 aliphatic carbocycles. The van der Waals surface area contributed by atoms with Gasteiger partial charge in [-0.3, -0.25) is 10.1 Å². The molecule has 0 spiro atoms. The first-order chi connectivity index (χ1) is 11.1. The van der Waals surface area contributed by atoms with Crippen molar-refractivity contribution in [2.45, 2.75) is 25.5 Å². The van der Waals surface area contributed by atoms with Crippen LogP contribution in [0.15, 0.2) is 17.0 Å². The van der Waals surface area contributed by atoms with Crippen molar-refractivity contribution in [2.75, 3.05) is 24.8 Å². The van der Waals surface area contributed by atoms with Crippen molar-refractivity contribution in [3.8, 4) is 0 Å². The van der Waals surface area contributed by atoms with Crippen LogP contribution in [-0.4, -0.2) is 45.6 Å². The Hall–Kier alpha value is -1.97. The maximum absolute atomic E-state index is 12.5. The molecule has 1 fully saturated rings. The molecule has 9 heteroatoms. The van der Waals surface area contributed by atoms with Gasteiger partial charge in [0.15, 0.2) is 6.29 Å². The van der Waals surface area contributed by atoms with Gasteiger partial charge in [0, 0.05) is 23.1 Å². The summed E-state index contributed by atoms with van der Waals surface area (Å²) >= 11 is 1.57. The van der Waals surface area contributed by atoms with E-state index >= 15 is 0 Å². The summed E-state index contributed by atoms with van der Waals surface area (Å²) in [6.07, 6.45) is 1.60. The fraction of sp³-hybridized carbons (Fsp3) is 0.467. The average molecular weight is 351 g/mol. The Morgan fingerprint density at radius 1 is 1.38 bits per heavy atom. The molecule has 1 aromatic carbocycles. The van der Waals surface area contributed by atoms with Crippen molar-refractivity contribution in [3.63, 3.8) is 0 Å². The van der Waals surface area contributed by atoms with Gasteiger partial charge >= 0.3 is 0 Å². The van der Waals surface area contributed by atoms with Crippen molar-refractivity contribution >= 4 is 23.6 Å². The highest BCUT2D eigenvalue weighted by Gasteiger charge is 2.24. The minimum Gasteiger partial charge on any atom is -0.346 e. The normalized spacial score (nSPS) is 14.5. The third kappa shape index (κ3) is 3.42. The van der Waals surface area contributed by atoms with Gasteiger partial charge in [0.25, 0.3) is 5.91 Å². The number of aromatic nitrogens is 4. The zero-order valence-electron chi connectivity index (χ0n) is 13.1. The Morgan fingerprint density at radius 3 is 2.67 bits per heavy atom. The summed E-state index contributed by atoms with van der Waals surface area (Å²) < 4.78 is 12.5. The summed E-state index contributed by atoms with van der Waals surface area (Å²) in [5, 5.41) is 13.7. The molecule has 0 unspecified atom stereocenters. The van der Waals surface area contributed by atoms with E-state index in [9.17, 15) is 4.79 Å². The van der Waals surface area contributed by atoms with E-state index in [4.69, 9.17) is 9.47 Å². The number of ether oxygens (including phenoxy) is 2. The average Bonchev–Trinajstić information content (AvgIpc) is 3.19. The lowest BCUT2D eigenvalue weighted by Gasteiger charge is -2.17. The van der Waals surface area contributed by atoms with Crippen molar-refractivity contribution in [2.24, 2.45) is 7.05 Å². The molecule has 1 saturated heterocycles. The maximum atomic E-state index is 12.5. The lowest BCUT2D eigenvalue weighted by atomic mass is 10.0. The SMILES string of the molecule is C.CSc1c(C2OCCO2)ccc(C(=O)Nc2nnnn2C)c1C. The van der Waals surface area contributed by atoms with Gasteiger partial charge in [-0.25, -0.2) is 4.68 Å². The highest BCUT2D eigenvalue weighted by Crippen LogP contribution is 2.35. The van der Waals surface area contributed by atoms with Gasteiger partial charge in [0.1, 0.15) is 0 Å². The van der Waals surface area contributed by atoms with Gasteiger partial charge in [-0.2, -0.15) is 0 Å². The highest BCUT2D eigenvalue weighted by molar-refractivity contribution is 7.98. The van der Waals surface area contributed by atoms with E-state index in [1.807, 2.05) is 19.2 Å². The number of carbonyl (C=O) groups is 1. The number of carbonyl (C=O) groups excluding carboxylic acids is 1. The number of nitrogens with one attached hydrogen (secondary N) is 1. The van der Waals surface area contributed by atoms with Crippen LogP contribution in [-0.2, 0) is 16.5 Å². The van der Waals surface area contributed by atoms with Crippen LogP contribution >= 0.6 is 11.8 Å². The molecule has 1 aliphatic rings. The fourth-order valence-corrected chi connectivity index (χ4v) is 3.27. The summed E-state index contributed by atoms with van der Waals surface area (Å²) in [5.41, 5.74) is 2.39. The number of thioether (sulfide) groups is 1. The van der Waals surface area contributed by atoms with Gasteiger partial charge in [-0.15, -0.1) is 11.8 Å². The van der Waals surface area contributed by atoms with Crippen LogP contribution in [0, 0.1) is 6.92 Å². The molecule has 0 bridgehead atoms. The second-order valence-electron chi connectivity index (χ2n) is 5.01. The van der Waals surface area contributed by atoms with Crippen LogP contribution in [0.25, 0.3) is 0 Å². The number of hydrogen-bond donors (Lipinski definition) is 1. The molecular formula is C15H21N5O3S. The third-order valence-electron chi connectivity index (χ3n) is 3.61. The van der Waals surface area contributed by atoms with Crippen LogP contribution in [0.4, 0.5) is 5.95 Å².